The fourth-order valence-electron chi connectivity index (χ4n) is 4.38. The molecule has 0 spiro atoms. The summed E-state index contributed by atoms with van der Waals surface area (Å²) >= 11 is 0. The number of ether oxygens (including phenoxy) is 1. The highest BCUT2D eigenvalue weighted by molar-refractivity contribution is 5.85. The summed E-state index contributed by atoms with van der Waals surface area (Å²) in [5, 5.41) is 15.1. The zero-order valence-electron chi connectivity index (χ0n) is 15.3. The predicted molar refractivity (Wildman–Crippen MR) is 102 cm³/mol. The van der Waals surface area contributed by atoms with Crippen molar-refractivity contribution < 1.29 is 4.74 Å². The maximum Gasteiger partial charge on any atom is 0.207 e. The van der Waals surface area contributed by atoms with Gasteiger partial charge in [0.2, 0.25) is 5.82 Å². The van der Waals surface area contributed by atoms with Gasteiger partial charge in [0.1, 0.15) is 6.10 Å². The molecule has 138 valence electrons. The molecule has 1 aliphatic heterocycles. The minimum absolute atomic E-state index is 0.00881. The van der Waals surface area contributed by atoms with E-state index < -0.39 is 0 Å². The topological polar surface area (TPSA) is 76.6 Å². The summed E-state index contributed by atoms with van der Waals surface area (Å²) in [6.45, 7) is 0.787. The number of rotatable bonds is 3. The third kappa shape index (κ3) is 3.04. The average molecular weight is 361 g/mol. The number of nitrogens with one attached hydrogen (secondary N) is 1. The summed E-state index contributed by atoms with van der Waals surface area (Å²) in [6, 6.07) is 10.6. The van der Waals surface area contributed by atoms with Crippen molar-refractivity contribution in [1.29, 1.82) is 0 Å². The van der Waals surface area contributed by atoms with Gasteiger partial charge in [-0.3, -0.25) is 4.98 Å². The zero-order valence-corrected chi connectivity index (χ0v) is 15.3. The second kappa shape index (κ2) is 7.19. The SMILES string of the molecule is c1ccc(-c2c3c(nc([C@@H]4CCCO4)c2-c2nn[nH]n2)CCCCC3)cc1. The van der Waals surface area contributed by atoms with Gasteiger partial charge in [0.25, 0.3) is 0 Å². The lowest BCUT2D eigenvalue weighted by molar-refractivity contribution is 0.109. The van der Waals surface area contributed by atoms with E-state index in [0.717, 1.165) is 43.5 Å². The van der Waals surface area contributed by atoms with Crippen LogP contribution in [-0.4, -0.2) is 32.2 Å². The Labute approximate surface area is 158 Å². The zero-order chi connectivity index (χ0) is 18.1. The van der Waals surface area contributed by atoms with Crippen molar-refractivity contribution in [2.75, 3.05) is 6.61 Å². The highest BCUT2D eigenvalue weighted by Crippen LogP contribution is 2.43. The number of hydrogen-bond donors (Lipinski definition) is 1. The molecule has 3 aromatic rings. The van der Waals surface area contributed by atoms with E-state index in [-0.39, 0.29) is 6.10 Å². The van der Waals surface area contributed by atoms with Crippen LogP contribution < -0.4 is 0 Å². The first-order valence-corrected chi connectivity index (χ1v) is 9.88. The Morgan fingerprint density at radius 3 is 2.63 bits per heavy atom. The Morgan fingerprint density at radius 1 is 0.963 bits per heavy atom. The van der Waals surface area contributed by atoms with E-state index >= 15 is 0 Å². The Kier molecular flexibility index (Phi) is 4.41. The standard InChI is InChI=1S/C21H23N5O/c1-3-8-14(9-4-1)18-15-10-5-2-6-11-16(15)22-20(17-12-7-13-27-17)19(18)21-23-25-26-24-21/h1,3-4,8-9,17H,2,5-7,10-13H2,(H,23,24,25,26)/t17-/m0/s1. The fourth-order valence-corrected chi connectivity index (χ4v) is 4.38. The summed E-state index contributed by atoms with van der Waals surface area (Å²) in [7, 11) is 0. The quantitative estimate of drug-likeness (QED) is 0.712. The molecule has 1 atom stereocenters. The summed E-state index contributed by atoms with van der Waals surface area (Å²) in [5.41, 5.74) is 6.95. The lowest BCUT2D eigenvalue weighted by Crippen LogP contribution is -2.11. The van der Waals surface area contributed by atoms with E-state index in [1.807, 2.05) is 0 Å². The molecule has 1 N–H and O–H groups in total. The Balaban J connectivity index is 1.83. The molecule has 27 heavy (non-hydrogen) atoms. The number of tetrazole rings is 1. The van der Waals surface area contributed by atoms with Crippen molar-refractivity contribution in [3.8, 4) is 22.5 Å². The van der Waals surface area contributed by atoms with Gasteiger partial charge in [0, 0.05) is 12.3 Å². The molecule has 2 aromatic heterocycles. The third-order valence-corrected chi connectivity index (χ3v) is 5.62. The second-order valence-corrected chi connectivity index (χ2v) is 7.34. The van der Waals surface area contributed by atoms with E-state index in [2.05, 4.69) is 51.0 Å². The third-order valence-electron chi connectivity index (χ3n) is 5.62. The van der Waals surface area contributed by atoms with Crippen molar-refractivity contribution in [3.05, 3.63) is 47.3 Å². The molecule has 6 nitrogen and oxygen atoms in total. The van der Waals surface area contributed by atoms with Gasteiger partial charge >= 0.3 is 0 Å². The molecule has 1 fully saturated rings. The molecule has 5 rings (SSSR count). The Hall–Kier alpha value is -2.60. The van der Waals surface area contributed by atoms with E-state index in [1.165, 1.54) is 41.6 Å². The molecule has 3 heterocycles. The number of aryl methyl sites for hydroxylation is 1. The number of hydrogen-bond acceptors (Lipinski definition) is 5. The van der Waals surface area contributed by atoms with Crippen LogP contribution in [0.5, 0.6) is 0 Å². The molecule has 1 aromatic carbocycles. The lowest BCUT2D eigenvalue weighted by atomic mass is 9.88. The molecule has 0 unspecified atom stereocenters. The molecule has 0 radical (unpaired) electrons. The van der Waals surface area contributed by atoms with Crippen LogP contribution >= 0.6 is 0 Å². The van der Waals surface area contributed by atoms with Crippen LogP contribution in [0.15, 0.2) is 30.3 Å². The van der Waals surface area contributed by atoms with Crippen molar-refractivity contribution in [3.63, 3.8) is 0 Å². The largest absolute Gasteiger partial charge is 0.372 e. The first kappa shape index (κ1) is 16.6. The van der Waals surface area contributed by atoms with Crippen molar-refractivity contribution in [1.82, 2.24) is 25.6 Å². The van der Waals surface area contributed by atoms with Gasteiger partial charge in [-0.15, -0.1) is 10.2 Å². The maximum absolute atomic E-state index is 6.04. The van der Waals surface area contributed by atoms with Crippen LogP contribution in [0.1, 0.15) is 55.2 Å². The number of nitrogens with zero attached hydrogens (tertiary/aromatic N) is 4. The molecule has 1 saturated heterocycles. The number of pyridine rings is 1. The van der Waals surface area contributed by atoms with E-state index in [4.69, 9.17) is 9.72 Å². The summed E-state index contributed by atoms with van der Waals surface area (Å²) in [6.07, 6.45) is 7.78. The van der Waals surface area contributed by atoms with E-state index in [1.54, 1.807) is 0 Å². The minimum Gasteiger partial charge on any atom is -0.372 e. The Morgan fingerprint density at radius 2 is 1.85 bits per heavy atom. The van der Waals surface area contributed by atoms with Crippen molar-refractivity contribution in [2.24, 2.45) is 0 Å². The van der Waals surface area contributed by atoms with Gasteiger partial charge in [-0.1, -0.05) is 36.8 Å². The fraction of sp³-hybridized carbons (Fsp3) is 0.429. The molecule has 0 amide bonds. The smallest absolute Gasteiger partial charge is 0.207 e. The first-order valence-electron chi connectivity index (χ1n) is 9.88. The monoisotopic (exact) mass is 361 g/mol. The number of aromatic nitrogens is 5. The number of H-pyrrole nitrogens is 1. The van der Waals surface area contributed by atoms with Crippen LogP contribution in [0.3, 0.4) is 0 Å². The van der Waals surface area contributed by atoms with Gasteiger partial charge < -0.3 is 4.74 Å². The number of fused-ring (bicyclic) bond motifs is 1. The second-order valence-electron chi connectivity index (χ2n) is 7.34. The van der Waals surface area contributed by atoms with Gasteiger partial charge in [-0.05, 0) is 60.4 Å². The summed E-state index contributed by atoms with van der Waals surface area (Å²) in [5.74, 6) is 0.610. The molecule has 0 bridgehead atoms. The average Bonchev–Trinajstić information content (AvgIpc) is 3.38. The summed E-state index contributed by atoms with van der Waals surface area (Å²) < 4.78 is 6.04. The first-order chi connectivity index (χ1) is 13.4. The predicted octanol–water partition coefficient (Wildman–Crippen LogP) is 4.05. The van der Waals surface area contributed by atoms with Crippen LogP contribution in [0, 0.1) is 0 Å². The van der Waals surface area contributed by atoms with Gasteiger partial charge in [-0.2, -0.15) is 5.21 Å². The van der Waals surface area contributed by atoms with Gasteiger partial charge in [-0.25, -0.2) is 0 Å². The van der Waals surface area contributed by atoms with Crippen molar-refractivity contribution >= 4 is 0 Å². The van der Waals surface area contributed by atoms with E-state index in [9.17, 15) is 0 Å². The van der Waals surface area contributed by atoms with Crippen LogP contribution in [0.25, 0.3) is 22.5 Å². The molecular formula is C21H23N5O. The van der Waals surface area contributed by atoms with Crippen LogP contribution in [-0.2, 0) is 17.6 Å². The normalized spacial score (nSPS) is 19.6. The van der Waals surface area contributed by atoms with Crippen molar-refractivity contribution in [2.45, 2.75) is 51.0 Å². The van der Waals surface area contributed by atoms with E-state index in [0.29, 0.717) is 5.82 Å². The Bertz CT molecular complexity index is 917. The highest BCUT2D eigenvalue weighted by atomic mass is 16.5. The minimum atomic E-state index is 0.00881. The maximum atomic E-state index is 6.04. The van der Waals surface area contributed by atoms with Gasteiger partial charge in [0.05, 0.1) is 11.3 Å². The number of benzene rings is 1. The molecule has 6 heteroatoms. The molecule has 2 aliphatic rings. The molecule has 1 aliphatic carbocycles. The van der Waals surface area contributed by atoms with Gasteiger partial charge in [0.15, 0.2) is 0 Å². The van der Waals surface area contributed by atoms with Crippen LogP contribution in [0.2, 0.25) is 0 Å². The summed E-state index contributed by atoms with van der Waals surface area (Å²) in [4.78, 5) is 5.15. The van der Waals surface area contributed by atoms with Crippen LogP contribution in [0.4, 0.5) is 0 Å². The lowest BCUT2D eigenvalue weighted by Gasteiger charge is -2.22. The molecule has 0 saturated carbocycles. The highest BCUT2D eigenvalue weighted by Gasteiger charge is 2.30. The number of aromatic amines is 1. The molecular weight excluding hydrogens is 338 g/mol.